The molecule has 0 unspecified atom stereocenters. The Morgan fingerprint density at radius 3 is 1.96 bits per heavy atom. The Balaban J connectivity index is 1.89. The third-order valence-corrected chi connectivity index (χ3v) is 3.69. The number of rotatable bonds is 4. The fraction of sp³-hybridized carbons (Fsp3) is 0. The van der Waals surface area contributed by atoms with Crippen molar-refractivity contribution in [1.29, 1.82) is 5.41 Å². The van der Waals surface area contributed by atoms with Crippen molar-refractivity contribution in [2.45, 2.75) is 0 Å². The lowest BCUT2D eigenvalue weighted by Gasteiger charge is -2.06. The minimum absolute atomic E-state index is 0.407. The Morgan fingerprint density at radius 1 is 0.696 bits per heavy atom. The van der Waals surface area contributed by atoms with E-state index in [1.54, 1.807) is 6.08 Å². The zero-order valence-electron chi connectivity index (χ0n) is 12.7. The van der Waals surface area contributed by atoms with Gasteiger partial charge in [0.05, 0.1) is 5.71 Å². The molecule has 0 aliphatic rings. The number of hydrogen-bond acceptors (Lipinski definition) is 2. The van der Waals surface area contributed by atoms with E-state index in [1.807, 2.05) is 66.7 Å². The second-order valence-electron chi connectivity index (χ2n) is 5.33. The number of hydrogen-bond donors (Lipinski definition) is 2. The average Bonchev–Trinajstić information content (AvgIpc) is 2.63. The summed E-state index contributed by atoms with van der Waals surface area (Å²) in [5, 5.41) is 8.31. The second kappa shape index (κ2) is 6.75. The quantitative estimate of drug-likeness (QED) is 0.673. The number of nitrogens with two attached hydrogens (primary N) is 1. The Kier molecular flexibility index (Phi) is 4.34. The van der Waals surface area contributed by atoms with Gasteiger partial charge in [0.1, 0.15) is 0 Å². The SMILES string of the molecule is N=C(/C=C(\N)c1ccccc1)c1cccc(-c2ccccc2)c1. The van der Waals surface area contributed by atoms with Crippen molar-refractivity contribution in [3.05, 3.63) is 102 Å². The summed E-state index contributed by atoms with van der Waals surface area (Å²) < 4.78 is 0. The molecule has 3 N–H and O–H groups in total. The van der Waals surface area contributed by atoms with Gasteiger partial charge in [0, 0.05) is 11.3 Å². The summed E-state index contributed by atoms with van der Waals surface area (Å²) in [5.74, 6) is 0. The average molecular weight is 298 g/mol. The van der Waals surface area contributed by atoms with Crippen molar-refractivity contribution in [1.82, 2.24) is 0 Å². The molecular formula is C21H18N2. The van der Waals surface area contributed by atoms with Crippen LogP contribution in [0.25, 0.3) is 16.8 Å². The first-order valence-corrected chi connectivity index (χ1v) is 7.51. The molecule has 0 fully saturated rings. The van der Waals surface area contributed by atoms with E-state index in [9.17, 15) is 0 Å². The molecule has 3 aromatic rings. The maximum Gasteiger partial charge on any atom is 0.0633 e. The Labute approximate surface area is 136 Å². The minimum atomic E-state index is 0.407. The highest BCUT2D eigenvalue weighted by atomic mass is 14.6. The molecule has 0 aliphatic carbocycles. The number of allylic oxidation sites excluding steroid dienone is 1. The van der Waals surface area contributed by atoms with Gasteiger partial charge in [0.15, 0.2) is 0 Å². The summed E-state index contributed by atoms with van der Waals surface area (Å²) in [6.45, 7) is 0. The molecule has 112 valence electrons. The monoisotopic (exact) mass is 298 g/mol. The third kappa shape index (κ3) is 3.55. The van der Waals surface area contributed by atoms with Gasteiger partial charge in [0.25, 0.3) is 0 Å². The van der Waals surface area contributed by atoms with Gasteiger partial charge in [-0.15, -0.1) is 0 Å². The standard InChI is InChI=1S/C21H18N2/c22-20(17-10-5-2-6-11-17)15-21(23)19-13-7-12-18(14-19)16-8-3-1-4-9-16/h1-15,23H,22H2/b20-15-,23-21?. The third-order valence-electron chi connectivity index (χ3n) is 3.69. The van der Waals surface area contributed by atoms with Crippen LogP contribution in [-0.2, 0) is 0 Å². The lowest BCUT2D eigenvalue weighted by atomic mass is 10.00. The van der Waals surface area contributed by atoms with Crippen LogP contribution in [0.4, 0.5) is 0 Å². The number of nitrogens with one attached hydrogen (secondary N) is 1. The molecule has 0 amide bonds. The Morgan fingerprint density at radius 2 is 1.26 bits per heavy atom. The molecule has 0 heterocycles. The molecule has 0 spiro atoms. The van der Waals surface area contributed by atoms with E-state index >= 15 is 0 Å². The molecule has 0 aliphatic heterocycles. The first-order valence-electron chi connectivity index (χ1n) is 7.51. The van der Waals surface area contributed by atoms with Crippen LogP contribution in [0.5, 0.6) is 0 Å². The highest BCUT2D eigenvalue weighted by Crippen LogP contribution is 2.20. The minimum Gasteiger partial charge on any atom is -0.398 e. The van der Waals surface area contributed by atoms with Crippen LogP contribution >= 0.6 is 0 Å². The van der Waals surface area contributed by atoms with Gasteiger partial charge in [-0.05, 0) is 28.8 Å². The van der Waals surface area contributed by atoms with Crippen molar-refractivity contribution in [3.63, 3.8) is 0 Å². The molecule has 0 saturated carbocycles. The number of benzene rings is 3. The van der Waals surface area contributed by atoms with Crippen LogP contribution in [0.3, 0.4) is 0 Å². The predicted octanol–water partition coefficient (Wildman–Crippen LogP) is 4.72. The van der Waals surface area contributed by atoms with Crippen LogP contribution in [0.15, 0.2) is 91.0 Å². The van der Waals surface area contributed by atoms with Gasteiger partial charge in [-0.25, -0.2) is 0 Å². The van der Waals surface area contributed by atoms with Crippen molar-refractivity contribution < 1.29 is 0 Å². The van der Waals surface area contributed by atoms with Crippen LogP contribution in [0.1, 0.15) is 11.1 Å². The molecule has 2 heteroatoms. The first-order chi connectivity index (χ1) is 11.2. The molecule has 0 aromatic heterocycles. The summed E-state index contributed by atoms with van der Waals surface area (Å²) >= 11 is 0. The molecule has 2 nitrogen and oxygen atoms in total. The zero-order valence-corrected chi connectivity index (χ0v) is 12.7. The summed E-state index contributed by atoms with van der Waals surface area (Å²) in [6, 6.07) is 27.9. The van der Waals surface area contributed by atoms with Crippen molar-refractivity contribution in [2.24, 2.45) is 5.73 Å². The van der Waals surface area contributed by atoms with Gasteiger partial charge in [-0.2, -0.15) is 0 Å². The second-order valence-corrected chi connectivity index (χ2v) is 5.33. The Bertz CT molecular complexity index is 834. The normalized spacial score (nSPS) is 11.2. The van der Waals surface area contributed by atoms with Gasteiger partial charge < -0.3 is 11.1 Å². The molecule has 0 radical (unpaired) electrons. The maximum absolute atomic E-state index is 8.31. The van der Waals surface area contributed by atoms with Crippen LogP contribution in [0, 0.1) is 5.41 Å². The summed E-state index contributed by atoms with van der Waals surface area (Å²) in [5.41, 5.74) is 11.1. The van der Waals surface area contributed by atoms with Crippen LogP contribution < -0.4 is 5.73 Å². The molecule has 3 aromatic carbocycles. The predicted molar refractivity (Wildman–Crippen MR) is 97.3 cm³/mol. The van der Waals surface area contributed by atoms with Gasteiger partial charge in [-0.1, -0.05) is 78.9 Å². The lowest BCUT2D eigenvalue weighted by molar-refractivity contribution is 1.47. The van der Waals surface area contributed by atoms with Crippen molar-refractivity contribution >= 4 is 11.4 Å². The van der Waals surface area contributed by atoms with E-state index in [0.717, 1.165) is 22.3 Å². The van der Waals surface area contributed by atoms with Gasteiger partial charge >= 0.3 is 0 Å². The molecule has 0 bridgehead atoms. The molecule has 3 rings (SSSR count). The molecule has 0 saturated heterocycles. The topological polar surface area (TPSA) is 49.9 Å². The highest BCUT2D eigenvalue weighted by Gasteiger charge is 2.04. The smallest absolute Gasteiger partial charge is 0.0633 e. The van der Waals surface area contributed by atoms with Crippen LogP contribution in [0.2, 0.25) is 0 Å². The molecule has 23 heavy (non-hydrogen) atoms. The van der Waals surface area contributed by atoms with E-state index in [1.165, 1.54) is 0 Å². The van der Waals surface area contributed by atoms with Crippen LogP contribution in [-0.4, -0.2) is 5.71 Å². The lowest BCUT2D eigenvalue weighted by Crippen LogP contribution is -2.02. The Hall–Kier alpha value is -3.13. The van der Waals surface area contributed by atoms with Gasteiger partial charge in [-0.3, -0.25) is 0 Å². The van der Waals surface area contributed by atoms with E-state index < -0.39 is 0 Å². The summed E-state index contributed by atoms with van der Waals surface area (Å²) in [6.07, 6.45) is 1.71. The first kappa shape index (κ1) is 14.8. The summed E-state index contributed by atoms with van der Waals surface area (Å²) in [4.78, 5) is 0. The summed E-state index contributed by atoms with van der Waals surface area (Å²) in [7, 11) is 0. The zero-order chi connectivity index (χ0) is 16.1. The van der Waals surface area contributed by atoms with Crippen molar-refractivity contribution in [3.8, 4) is 11.1 Å². The largest absolute Gasteiger partial charge is 0.398 e. The fourth-order valence-electron chi connectivity index (χ4n) is 2.45. The maximum atomic E-state index is 8.31. The highest BCUT2D eigenvalue weighted by molar-refractivity contribution is 6.10. The van der Waals surface area contributed by atoms with Crippen molar-refractivity contribution in [2.75, 3.05) is 0 Å². The molecular weight excluding hydrogens is 280 g/mol. The fourth-order valence-corrected chi connectivity index (χ4v) is 2.45. The van der Waals surface area contributed by atoms with E-state index in [0.29, 0.717) is 11.4 Å². The van der Waals surface area contributed by atoms with E-state index in [4.69, 9.17) is 11.1 Å². The molecule has 0 atom stereocenters. The van der Waals surface area contributed by atoms with E-state index in [-0.39, 0.29) is 0 Å². The van der Waals surface area contributed by atoms with Gasteiger partial charge in [0.2, 0.25) is 0 Å². The van der Waals surface area contributed by atoms with E-state index in [2.05, 4.69) is 18.2 Å².